The lowest BCUT2D eigenvalue weighted by atomic mass is 10.1. The summed E-state index contributed by atoms with van der Waals surface area (Å²) in [6.45, 7) is 4.01. The van der Waals surface area contributed by atoms with Crippen LogP contribution in [0.3, 0.4) is 0 Å². The predicted molar refractivity (Wildman–Crippen MR) is 110 cm³/mol. The molecule has 2 heterocycles. The first-order chi connectivity index (χ1) is 14.1. The van der Waals surface area contributed by atoms with E-state index in [2.05, 4.69) is 20.3 Å². The number of hydrogen-bond donors (Lipinski definition) is 1. The third-order valence-corrected chi connectivity index (χ3v) is 4.50. The zero-order chi connectivity index (χ0) is 20.2. The molecule has 4 rings (SSSR count). The van der Waals surface area contributed by atoms with Gasteiger partial charge < -0.3 is 10.1 Å². The number of aromatic nitrogens is 4. The molecule has 0 unspecified atom stereocenters. The Bertz CT molecular complexity index is 1140. The van der Waals surface area contributed by atoms with Crippen molar-refractivity contribution in [3.63, 3.8) is 0 Å². The van der Waals surface area contributed by atoms with Crippen LogP contribution < -0.4 is 10.1 Å². The summed E-state index contributed by atoms with van der Waals surface area (Å²) in [5, 5.41) is 2.89. The fourth-order valence-corrected chi connectivity index (χ4v) is 2.73. The molecule has 2 aromatic heterocycles. The summed E-state index contributed by atoms with van der Waals surface area (Å²) in [5.74, 6) is 1.52. The molecule has 29 heavy (non-hydrogen) atoms. The van der Waals surface area contributed by atoms with Crippen molar-refractivity contribution in [1.29, 1.82) is 0 Å². The van der Waals surface area contributed by atoms with Crippen LogP contribution in [0, 0.1) is 13.8 Å². The number of amides is 1. The van der Waals surface area contributed by atoms with Gasteiger partial charge in [0.2, 0.25) is 5.88 Å². The molecule has 0 spiro atoms. The normalized spacial score (nSPS) is 10.6. The molecule has 7 heteroatoms. The summed E-state index contributed by atoms with van der Waals surface area (Å²) in [7, 11) is 0. The Balaban J connectivity index is 1.43. The van der Waals surface area contributed by atoms with Crippen molar-refractivity contribution in [3.05, 3.63) is 90.3 Å². The van der Waals surface area contributed by atoms with Crippen molar-refractivity contribution in [2.45, 2.75) is 13.8 Å². The van der Waals surface area contributed by atoms with Crippen LogP contribution in [0.4, 0.5) is 5.69 Å². The molecule has 4 aromatic rings. The molecule has 2 aromatic carbocycles. The summed E-state index contributed by atoms with van der Waals surface area (Å²) >= 11 is 0. The van der Waals surface area contributed by atoms with E-state index in [0.717, 1.165) is 11.1 Å². The van der Waals surface area contributed by atoms with Crippen LogP contribution in [0.1, 0.15) is 21.5 Å². The van der Waals surface area contributed by atoms with Crippen LogP contribution >= 0.6 is 0 Å². The highest BCUT2D eigenvalue weighted by molar-refractivity contribution is 6.04. The third-order valence-electron chi connectivity index (χ3n) is 4.50. The number of carbonyl (C=O) groups excluding carboxylic acids is 1. The van der Waals surface area contributed by atoms with E-state index in [1.165, 1.54) is 6.33 Å². The predicted octanol–water partition coefficient (Wildman–Crippen LogP) is 4.32. The summed E-state index contributed by atoms with van der Waals surface area (Å²) in [4.78, 5) is 24.8. The minimum Gasteiger partial charge on any atom is -0.439 e. The molecule has 0 aliphatic carbocycles. The van der Waals surface area contributed by atoms with Gasteiger partial charge in [0.25, 0.3) is 5.91 Å². The highest BCUT2D eigenvalue weighted by atomic mass is 16.5. The number of carbonyl (C=O) groups is 1. The van der Waals surface area contributed by atoms with E-state index >= 15 is 0 Å². The molecule has 0 radical (unpaired) electrons. The highest BCUT2D eigenvalue weighted by Crippen LogP contribution is 2.23. The van der Waals surface area contributed by atoms with Gasteiger partial charge in [0.05, 0.1) is 0 Å². The van der Waals surface area contributed by atoms with Gasteiger partial charge in [-0.3, -0.25) is 9.36 Å². The molecule has 0 fully saturated rings. The Morgan fingerprint density at radius 2 is 1.83 bits per heavy atom. The van der Waals surface area contributed by atoms with Crippen molar-refractivity contribution in [2.24, 2.45) is 0 Å². The van der Waals surface area contributed by atoms with Gasteiger partial charge in [0.15, 0.2) is 0 Å². The second kappa shape index (κ2) is 7.93. The van der Waals surface area contributed by atoms with Gasteiger partial charge in [-0.25, -0.2) is 15.0 Å². The fourth-order valence-electron chi connectivity index (χ4n) is 2.73. The maximum atomic E-state index is 12.4. The Labute approximate surface area is 168 Å². The smallest absolute Gasteiger partial charge is 0.255 e. The first-order valence-electron chi connectivity index (χ1n) is 9.05. The lowest BCUT2D eigenvalue weighted by Gasteiger charge is -2.09. The fraction of sp³-hybridized carbons (Fsp3) is 0.0909. The van der Waals surface area contributed by atoms with Gasteiger partial charge in [-0.2, -0.15) is 0 Å². The van der Waals surface area contributed by atoms with Gasteiger partial charge in [-0.15, -0.1) is 0 Å². The van der Waals surface area contributed by atoms with Crippen molar-refractivity contribution >= 4 is 11.6 Å². The molecule has 0 bridgehead atoms. The van der Waals surface area contributed by atoms with E-state index in [4.69, 9.17) is 4.74 Å². The monoisotopic (exact) mass is 385 g/mol. The number of nitrogens with one attached hydrogen (secondary N) is 1. The first kappa shape index (κ1) is 18.4. The SMILES string of the molecule is Cc1ccc(C(=O)Nc2ccc(Oc3cc(-n4ccnc4)ncn3)cc2)cc1C. The van der Waals surface area contributed by atoms with Crippen LogP contribution in [0.5, 0.6) is 11.6 Å². The van der Waals surface area contributed by atoms with Crippen molar-refractivity contribution in [3.8, 4) is 17.4 Å². The number of rotatable bonds is 5. The number of nitrogens with zero attached hydrogens (tertiary/aromatic N) is 4. The molecule has 0 saturated heterocycles. The van der Waals surface area contributed by atoms with E-state index in [0.29, 0.717) is 28.7 Å². The molecular weight excluding hydrogens is 366 g/mol. The zero-order valence-corrected chi connectivity index (χ0v) is 16.0. The van der Waals surface area contributed by atoms with Gasteiger partial charge >= 0.3 is 0 Å². The van der Waals surface area contributed by atoms with E-state index in [-0.39, 0.29) is 5.91 Å². The first-order valence-corrected chi connectivity index (χ1v) is 9.05. The van der Waals surface area contributed by atoms with Gasteiger partial charge in [0.1, 0.15) is 24.2 Å². The molecule has 1 N–H and O–H groups in total. The minimum atomic E-state index is -0.150. The maximum absolute atomic E-state index is 12.4. The average Bonchev–Trinajstić information content (AvgIpc) is 3.27. The molecule has 0 saturated carbocycles. The molecular formula is C22H19N5O2. The Kier molecular flexibility index (Phi) is 5.03. The summed E-state index contributed by atoms with van der Waals surface area (Å²) < 4.78 is 7.56. The van der Waals surface area contributed by atoms with Crippen molar-refractivity contribution in [1.82, 2.24) is 19.5 Å². The topological polar surface area (TPSA) is 81.9 Å². The molecule has 0 atom stereocenters. The molecule has 1 amide bonds. The van der Waals surface area contributed by atoms with Crippen molar-refractivity contribution in [2.75, 3.05) is 5.32 Å². The Morgan fingerprint density at radius 3 is 2.55 bits per heavy atom. The van der Waals surface area contributed by atoms with Crippen LogP contribution in [-0.2, 0) is 0 Å². The highest BCUT2D eigenvalue weighted by Gasteiger charge is 2.08. The molecule has 0 aliphatic rings. The lowest BCUT2D eigenvalue weighted by molar-refractivity contribution is 0.102. The third kappa shape index (κ3) is 4.30. The average molecular weight is 385 g/mol. The van der Waals surface area contributed by atoms with Gasteiger partial charge in [0, 0.05) is 29.7 Å². The summed E-state index contributed by atoms with van der Waals surface area (Å²) in [6, 6.07) is 14.5. The number of anilines is 1. The molecule has 7 nitrogen and oxygen atoms in total. The second-order valence-electron chi connectivity index (χ2n) is 6.56. The standard InChI is InChI=1S/C22H19N5O2/c1-15-3-4-17(11-16(15)2)22(28)26-18-5-7-19(8-6-18)29-21-12-20(24-13-25-21)27-10-9-23-14-27/h3-14H,1-2H3,(H,26,28). The van der Waals surface area contributed by atoms with Crippen LogP contribution in [0.2, 0.25) is 0 Å². The van der Waals surface area contributed by atoms with E-state index < -0.39 is 0 Å². The van der Waals surface area contributed by atoms with E-state index in [1.54, 1.807) is 53.6 Å². The molecule has 144 valence electrons. The largest absolute Gasteiger partial charge is 0.439 e. The number of imidazole rings is 1. The zero-order valence-electron chi connectivity index (χ0n) is 16.0. The number of hydrogen-bond acceptors (Lipinski definition) is 5. The lowest BCUT2D eigenvalue weighted by Crippen LogP contribution is -2.12. The van der Waals surface area contributed by atoms with Gasteiger partial charge in [-0.1, -0.05) is 6.07 Å². The molecule has 0 aliphatic heterocycles. The quantitative estimate of drug-likeness (QED) is 0.553. The number of ether oxygens (including phenoxy) is 1. The van der Waals surface area contributed by atoms with E-state index in [1.807, 2.05) is 32.0 Å². The summed E-state index contributed by atoms with van der Waals surface area (Å²) in [6.07, 6.45) is 6.55. The van der Waals surface area contributed by atoms with Gasteiger partial charge in [-0.05, 0) is 61.4 Å². The summed E-state index contributed by atoms with van der Waals surface area (Å²) in [5.41, 5.74) is 3.55. The van der Waals surface area contributed by atoms with Crippen LogP contribution in [0.25, 0.3) is 5.82 Å². The second-order valence-corrected chi connectivity index (χ2v) is 6.56. The van der Waals surface area contributed by atoms with Crippen molar-refractivity contribution < 1.29 is 9.53 Å². The minimum absolute atomic E-state index is 0.150. The van der Waals surface area contributed by atoms with E-state index in [9.17, 15) is 4.79 Å². The Morgan fingerprint density at radius 1 is 1.00 bits per heavy atom. The van der Waals surface area contributed by atoms with Crippen LogP contribution in [-0.4, -0.2) is 25.4 Å². The number of benzene rings is 2. The van der Waals surface area contributed by atoms with Crippen LogP contribution in [0.15, 0.2) is 73.6 Å². The maximum Gasteiger partial charge on any atom is 0.255 e. The number of aryl methyl sites for hydroxylation is 2. The Hall–Kier alpha value is -4.00.